The molecule has 2 nitrogen and oxygen atoms in total. The first-order valence-electron chi connectivity index (χ1n) is 8.27. The summed E-state index contributed by atoms with van der Waals surface area (Å²) in [6.45, 7) is 3.71. The van der Waals surface area contributed by atoms with Crippen LogP contribution >= 0.6 is 0 Å². The van der Waals surface area contributed by atoms with Gasteiger partial charge in [-0.15, -0.1) is 0 Å². The molecule has 1 aliphatic heterocycles. The molecule has 0 spiro atoms. The van der Waals surface area contributed by atoms with E-state index in [4.69, 9.17) is 0 Å². The lowest BCUT2D eigenvalue weighted by Gasteiger charge is -2.41. The lowest BCUT2D eigenvalue weighted by Crippen LogP contribution is -2.47. The number of benzene rings is 1. The highest BCUT2D eigenvalue weighted by atomic mass is 16.3. The Labute approximate surface area is 122 Å². The van der Waals surface area contributed by atoms with Gasteiger partial charge in [0.15, 0.2) is 0 Å². The number of likely N-dealkylation sites (tertiary alicyclic amines) is 1. The number of phenolic OH excluding ortho intramolecular Hbond substituents is 1. The minimum Gasteiger partial charge on any atom is -0.508 e. The van der Waals surface area contributed by atoms with E-state index < -0.39 is 0 Å². The highest BCUT2D eigenvalue weighted by molar-refractivity contribution is 5.25. The van der Waals surface area contributed by atoms with Gasteiger partial charge in [-0.1, -0.05) is 18.6 Å². The number of hydrogen-bond donors (Lipinski definition) is 1. The number of phenols is 1. The van der Waals surface area contributed by atoms with Crippen LogP contribution in [0.15, 0.2) is 24.3 Å². The molecule has 2 heteroatoms. The number of aromatic hydroxyl groups is 1. The summed E-state index contributed by atoms with van der Waals surface area (Å²) in [6.07, 6.45) is 9.54. The topological polar surface area (TPSA) is 23.5 Å². The van der Waals surface area contributed by atoms with E-state index >= 15 is 0 Å². The maximum absolute atomic E-state index is 9.33. The molecule has 1 aromatic rings. The Kier molecular flexibility index (Phi) is 4.30. The average Bonchev–Trinajstić information content (AvgIpc) is 2.94. The molecule has 2 fully saturated rings. The molecule has 1 aliphatic carbocycles. The summed E-state index contributed by atoms with van der Waals surface area (Å²) in [5.41, 5.74) is 1.34. The molecule has 1 N–H and O–H groups in total. The fourth-order valence-corrected chi connectivity index (χ4v) is 4.24. The average molecular weight is 273 g/mol. The van der Waals surface area contributed by atoms with Gasteiger partial charge in [0.1, 0.15) is 5.75 Å². The van der Waals surface area contributed by atoms with Crippen molar-refractivity contribution in [3.8, 4) is 5.75 Å². The van der Waals surface area contributed by atoms with Crippen molar-refractivity contribution >= 4 is 0 Å². The molecule has 1 saturated heterocycles. The number of hydrogen-bond acceptors (Lipinski definition) is 2. The molecule has 0 bridgehead atoms. The van der Waals surface area contributed by atoms with Crippen molar-refractivity contribution in [3.05, 3.63) is 29.8 Å². The number of rotatable bonds is 4. The fraction of sp³-hybridized carbons (Fsp3) is 0.667. The Morgan fingerprint density at radius 1 is 1.15 bits per heavy atom. The van der Waals surface area contributed by atoms with Crippen LogP contribution in [0.3, 0.4) is 0 Å². The first-order valence-corrected chi connectivity index (χ1v) is 8.27. The van der Waals surface area contributed by atoms with Crippen LogP contribution in [-0.4, -0.2) is 28.6 Å². The Bertz CT molecular complexity index is 428. The second-order valence-corrected chi connectivity index (χ2v) is 6.69. The van der Waals surface area contributed by atoms with Crippen LogP contribution in [0.25, 0.3) is 0 Å². The summed E-state index contributed by atoms with van der Waals surface area (Å²) >= 11 is 0. The molecular weight excluding hydrogens is 246 g/mol. The van der Waals surface area contributed by atoms with Crippen LogP contribution in [0, 0.1) is 5.92 Å². The van der Waals surface area contributed by atoms with Crippen molar-refractivity contribution in [1.82, 2.24) is 4.90 Å². The molecule has 3 rings (SSSR count). The SMILES string of the molecule is CC(CCc1ccc(O)cc1)N1CCCC2CCCC21. The van der Waals surface area contributed by atoms with Gasteiger partial charge in [-0.2, -0.15) is 0 Å². The Hall–Kier alpha value is -1.02. The van der Waals surface area contributed by atoms with Crippen molar-refractivity contribution in [2.45, 2.75) is 64.0 Å². The Morgan fingerprint density at radius 2 is 1.90 bits per heavy atom. The number of fused-ring (bicyclic) bond motifs is 1. The van der Waals surface area contributed by atoms with Crippen LogP contribution in [0.2, 0.25) is 0 Å². The third-order valence-electron chi connectivity index (χ3n) is 5.39. The molecule has 1 heterocycles. The van der Waals surface area contributed by atoms with Crippen molar-refractivity contribution in [3.63, 3.8) is 0 Å². The predicted octanol–water partition coefficient (Wildman–Crippen LogP) is 3.98. The highest BCUT2D eigenvalue weighted by Crippen LogP contribution is 2.38. The molecule has 1 saturated carbocycles. The summed E-state index contributed by atoms with van der Waals surface area (Å²) in [6, 6.07) is 9.27. The zero-order chi connectivity index (χ0) is 13.9. The lowest BCUT2D eigenvalue weighted by molar-refractivity contribution is 0.0711. The maximum atomic E-state index is 9.33. The fourth-order valence-electron chi connectivity index (χ4n) is 4.24. The van der Waals surface area contributed by atoms with Gasteiger partial charge in [0, 0.05) is 12.1 Å². The number of aryl methyl sites for hydroxylation is 1. The molecule has 0 radical (unpaired) electrons. The van der Waals surface area contributed by atoms with Gasteiger partial charge < -0.3 is 5.11 Å². The van der Waals surface area contributed by atoms with Gasteiger partial charge in [-0.05, 0) is 75.6 Å². The minimum atomic E-state index is 0.367. The third kappa shape index (κ3) is 3.01. The summed E-state index contributed by atoms with van der Waals surface area (Å²) in [5, 5.41) is 9.33. The van der Waals surface area contributed by atoms with Crippen LogP contribution in [-0.2, 0) is 6.42 Å². The van der Waals surface area contributed by atoms with Crippen LogP contribution < -0.4 is 0 Å². The van der Waals surface area contributed by atoms with Gasteiger partial charge in [0.25, 0.3) is 0 Å². The highest BCUT2D eigenvalue weighted by Gasteiger charge is 2.36. The first kappa shape index (κ1) is 13.9. The second kappa shape index (κ2) is 6.17. The van der Waals surface area contributed by atoms with E-state index in [9.17, 15) is 5.11 Å². The molecule has 3 unspecified atom stereocenters. The van der Waals surface area contributed by atoms with Crippen LogP contribution in [0.5, 0.6) is 5.75 Å². The van der Waals surface area contributed by atoms with Crippen molar-refractivity contribution in [2.24, 2.45) is 5.92 Å². The zero-order valence-electron chi connectivity index (χ0n) is 12.6. The van der Waals surface area contributed by atoms with Gasteiger partial charge in [0.2, 0.25) is 0 Å². The van der Waals surface area contributed by atoms with E-state index in [1.54, 1.807) is 12.1 Å². The van der Waals surface area contributed by atoms with Crippen molar-refractivity contribution < 1.29 is 5.11 Å². The van der Waals surface area contributed by atoms with Gasteiger partial charge in [-0.25, -0.2) is 0 Å². The maximum Gasteiger partial charge on any atom is 0.115 e. The summed E-state index contributed by atoms with van der Waals surface area (Å²) in [7, 11) is 0. The smallest absolute Gasteiger partial charge is 0.115 e. The molecule has 110 valence electrons. The zero-order valence-corrected chi connectivity index (χ0v) is 12.6. The summed E-state index contributed by atoms with van der Waals surface area (Å²) < 4.78 is 0. The lowest BCUT2D eigenvalue weighted by atomic mass is 9.90. The van der Waals surface area contributed by atoms with Crippen LogP contribution in [0.4, 0.5) is 0 Å². The van der Waals surface area contributed by atoms with Crippen molar-refractivity contribution in [1.29, 1.82) is 0 Å². The minimum absolute atomic E-state index is 0.367. The van der Waals surface area contributed by atoms with Gasteiger partial charge in [-0.3, -0.25) is 4.90 Å². The largest absolute Gasteiger partial charge is 0.508 e. The molecule has 0 amide bonds. The van der Waals surface area contributed by atoms with E-state index in [1.165, 1.54) is 50.6 Å². The number of piperidine rings is 1. The molecule has 20 heavy (non-hydrogen) atoms. The normalized spacial score (nSPS) is 28.2. The van der Waals surface area contributed by atoms with Gasteiger partial charge >= 0.3 is 0 Å². The first-order chi connectivity index (χ1) is 9.74. The van der Waals surface area contributed by atoms with Crippen molar-refractivity contribution in [2.75, 3.05) is 6.54 Å². The number of nitrogens with zero attached hydrogens (tertiary/aromatic N) is 1. The summed E-state index contributed by atoms with van der Waals surface area (Å²) in [5.74, 6) is 1.35. The third-order valence-corrected chi connectivity index (χ3v) is 5.39. The standard InChI is InChI=1S/C18H27NO/c1-14(7-8-15-9-11-17(20)12-10-15)19-13-3-5-16-4-2-6-18(16)19/h9-12,14,16,18,20H,2-8,13H2,1H3. The van der Waals surface area contributed by atoms with E-state index in [0.717, 1.165) is 18.4 Å². The Morgan fingerprint density at radius 3 is 2.70 bits per heavy atom. The van der Waals surface area contributed by atoms with E-state index in [1.807, 2.05) is 0 Å². The van der Waals surface area contributed by atoms with E-state index in [0.29, 0.717) is 11.8 Å². The monoisotopic (exact) mass is 273 g/mol. The van der Waals surface area contributed by atoms with E-state index in [-0.39, 0.29) is 0 Å². The second-order valence-electron chi connectivity index (χ2n) is 6.69. The summed E-state index contributed by atoms with van der Waals surface area (Å²) in [4.78, 5) is 2.79. The molecule has 1 aromatic carbocycles. The Balaban J connectivity index is 1.55. The quantitative estimate of drug-likeness (QED) is 0.897. The molecule has 0 aromatic heterocycles. The van der Waals surface area contributed by atoms with Gasteiger partial charge in [0.05, 0.1) is 0 Å². The molecule has 2 aliphatic rings. The van der Waals surface area contributed by atoms with E-state index in [2.05, 4.69) is 24.0 Å². The van der Waals surface area contributed by atoms with Crippen LogP contribution in [0.1, 0.15) is 51.0 Å². The molecule has 3 atom stereocenters. The molecular formula is C18H27NO. The predicted molar refractivity (Wildman–Crippen MR) is 83.0 cm³/mol.